The highest BCUT2D eigenvalue weighted by atomic mass is 79.9. The molecule has 0 spiro atoms. The van der Waals surface area contributed by atoms with Crippen molar-refractivity contribution in [3.8, 4) is 11.4 Å². The number of nitrogens with one attached hydrogen (secondary N) is 1. The number of sulfonamides is 1. The molecule has 40 heavy (non-hydrogen) atoms. The predicted molar refractivity (Wildman–Crippen MR) is 156 cm³/mol. The minimum atomic E-state index is -3.76. The van der Waals surface area contributed by atoms with E-state index in [1.54, 1.807) is 47.4 Å². The Kier molecular flexibility index (Phi) is 7.12. The number of hydrogen-bond acceptors (Lipinski definition) is 6. The predicted octanol–water partition coefficient (Wildman–Crippen LogP) is 6.36. The Bertz CT molecular complexity index is 1800. The second kappa shape index (κ2) is 10.9. The van der Waals surface area contributed by atoms with Gasteiger partial charge in [-0.25, -0.2) is 8.42 Å². The molecule has 0 saturated carbocycles. The summed E-state index contributed by atoms with van der Waals surface area (Å²) >= 11 is 3.46. The number of hydrogen-bond donors (Lipinski definition) is 1. The maximum Gasteiger partial charge on any atom is 0.261 e. The summed E-state index contributed by atoms with van der Waals surface area (Å²) in [6.07, 6.45) is 1.78. The average molecular weight is 618 g/mol. The van der Waals surface area contributed by atoms with Crippen molar-refractivity contribution >= 4 is 48.3 Å². The van der Waals surface area contributed by atoms with Gasteiger partial charge in [0, 0.05) is 22.3 Å². The summed E-state index contributed by atoms with van der Waals surface area (Å²) in [6, 6.07) is 26.9. The minimum Gasteiger partial charge on any atom is -0.337 e. The molecule has 5 aromatic rings. The maximum absolute atomic E-state index is 13.2. The molecule has 1 fully saturated rings. The number of carbonyl (C=O) groups excluding carboxylic acids is 1. The van der Waals surface area contributed by atoms with Crippen LogP contribution in [0.15, 0.2) is 105 Å². The highest BCUT2D eigenvalue weighted by Crippen LogP contribution is 2.33. The van der Waals surface area contributed by atoms with E-state index in [2.05, 4.69) is 30.8 Å². The lowest BCUT2D eigenvalue weighted by Crippen LogP contribution is -2.32. The molecule has 4 aromatic carbocycles. The van der Waals surface area contributed by atoms with Gasteiger partial charge in [0.2, 0.25) is 17.6 Å². The second-order valence-electron chi connectivity index (χ2n) is 9.70. The van der Waals surface area contributed by atoms with Gasteiger partial charge in [0.1, 0.15) is 6.04 Å². The maximum atomic E-state index is 13.2. The summed E-state index contributed by atoms with van der Waals surface area (Å²) in [5.74, 6) is 0.866. The summed E-state index contributed by atoms with van der Waals surface area (Å²) < 4.78 is 35.0. The van der Waals surface area contributed by atoms with Crippen LogP contribution in [0.3, 0.4) is 0 Å². The van der Waals surface area contributed by atoms with Crippen molar-refractivity contribution in [3.05, 3.63) is 107 Å². The van der Waals surface area contributed by atoms with E-state index in [9.17, 15) is 13.2 Å². The molecule has 0 aliphatic carbocycles. The molecule has 1 N–H and O–H groups in total. The third kappa shape index (κ3) is 5.50. The van der Waals surface area contributed by atoms with E-state index in [0.29, 0.717) is 23.9 Å². The van der Waals surface area contributed by atoms with Crippen LogP contribution in [0.25, 0.3) is 22.2 Å². The van der Waals surface area contributed by atoms with Crippen LogP contribution in [0, 0.1) is 0 Å². The van der Waals surface area contributed by atoms with E-state index < -0.39 is 10.0 Å². The summed E-state index contributed by atoms with van der Waals surface area (Å²) in [6.45, 7) is 0.613. The number of halogens is 1. The Morgan fingerprint density at radius 2 is 1.77 bits per heavy atom. The number of benzene rings is 4. The van der Waals surface area contributed by atoms with Crippen LogP contribution < -0.4 is 4.72 Å². The number of amides is 1. The van der Waals surface area contributed by atoms with Gasteiger partial charge in [-0.05, 0) is 65.6 Å². The van der Waals surface area contributed by atoms with Gasteiger partial charge in [-0.2, -0.15) is 4.98 Å². The first-order valence-corrected chi connectivity index (χ1v) is 15.1. The Morgan fingerprint density at radius 1 is 0.975 bits per heavy atom. The minimum absolute atomic E-state index is 0.0470. The lowest BCUT2D eigenvalue weighted by molar-refractivity contribution is -0.131. The molecule has 202 valence electrons. The first-order valence-electron chi connectivity index (χ1n) is 12.9. The molecule has 2 heterocycles. The smallest absolute Gasteiger partial charge is 0.261 e. The fraction of sp³-hybridized carbons (Fsp3) is 0.167. The number of nitrogens with zero attached hydrogens (tertiary/aromatic N) is 3. The standard InChI is InChI=1S/C30H25BrN4O4S/c31-24-8-3-7-23(18-24)29-32-30(39-33-29)27-9-4-16-35(27)28(36)17-20-10-13-25(14-11-20)34-40(37,38)26-15-12-21-5-1-2-6-22(21)19-26/h1-3,5-8,10-15,18-19,27,34H,4,9,16-17H2. The third-order valence-corrected chi connectivity index (χ3v) is 8.85. The zero-order chi connectivity index (χ0) is 27.7. The zero-order valence-corrected chi connectivity index (χ0v) is 23.7. The van der Waals surface area contributed by atoms with Gasteiger partial charge < -0.3 is 9.42 Å². The number of carbonyl (C=O) groups is 1. The van der Waals surface area contributed by atoms with Crippen LogP contribution in [0.5, 0.6) is 0 Å². The van der Waals surface area contributed by atoms with Crippen molar-refractivity contribution in [2.24, 2.45) is 0 Å². The first kappa shape index (κ1) is 26.2. The number of aromatic nitrogens is 2. The van der Waals surface area contributed by atoms with Crippen molar-refractivity contribution in [2.45, 2.75) is 30.2 Å². The second-order valence-corrected chi connectivity index (χ2v) is 12.3. The van der Waals surface area contributed by atoms with Crippen LogP contribution >= 0.6 is 15.9 Å². The van der Waals surface area contributed by atoms with Gasteiger partial charge in [0.25, 0.3) is 10.0 Å². The molecule has 0 radical (unpaired) electrons. The molecular weight excluding hydrogens is 592 g/mol. The summed E-state index contributed by atoms with van der Waals surface area (Å²) in [5.41, 5.74) is 2.04. The first-order chi connectivity index (χ1) is 19.4. The topological polar surface area (TPSA) is 105 Å². The van der Waals surface area contributed by atoms with Gasteiger partial charge in [-0.1, -0.05) is 75.7 Å². The Hall–Kier alpha value is -4.02. The molecule has 8 nitrogen and oxygen atoms in total. The van der Waals surface area contributed by atoms with E-state index in [-0.39, 0.29) is 23.3 Å². The van der Waals surface area contributed by atoms with Gasteiger partial charge in [0.05, 0.1) is 11.3 Å². The monoisotopic (exact) mass is 616 g/mol. The van der Waals surface area contributed by atoms with Crippen molar-refractivity contribution in [1.82, 2.24) is 15.0 Å². The number of rotatable bonds is 7. The SMILES string of the molecule is O=C(Cc1ccc(NS(=O)(=O)c2ccc3ccccc3c2)cc1)N1CCCC1c1nc(-c2cccc(Br)c2)no1. The normalized spacial score (nSPS) is 15.4. The molecule has 1 atom stereocenters. The summed E-state index contributed by atoms with van der Waals surface area (Å²) in [4.78, 5) is 19.8. The summed E-state index contributed by atoms with van der Waals surface area (Å²) in [5, 5.41) is 5.95. The van der Waals surface area contributed by atoms with E-state index in [1.165, 1.54) is 0 Å². The van der Waals surface area contributed by atoms with Crippen molar-refractivity contribution in [2.75, 3.05) is 11.3 Å². The lowest BCUT2D eigenvalue weighted by Gasteiger charge is -2.22. The molecule has 1 aromatic heterocycles. The van der Waals surface area contributed by atoms with Gasteiger partial charge >= 0.3 is 0 Å². The fourth-order valence-electron chi connectivity index (χ4n) is 4.95. The molecule has 1 unspecified atom stereocenters. The molecule has 10 heteroatoms. The van der Waals surface area contributed by atoms with E-state index in [4.69, 9.17) is 4.52 Å². The zero-order valence-electron chi connectivity index (χ0n) is 21.3. The largest absolute Gasteiger partial charge is 0.337 e. The van der Waals surface area contributed by atoms with Crippen LogP contribution in [0.1, 0.15) is 30.3 Å². The van der Waals surface area contributed by atoms with Crippen molar-refractivity contribution in [3.63, 3.8) is 0 Å². The third-order valence-electron chi connectivity index (χ3n) is 6.98. The number of fused-ring (bicyclic) bond motifs is 1. The average Bonchev–Trinajstić information content (AvgIpc) is 3.64. The van der Waals surface area contributed by atoms with E-state index in [1.807, 2.05) is 48.5 Å². The molecular formula is C30H25BrN4O4S. The molecule has 0 bridgehead atoms. The molecule has 1 aliphatic heterocycles. The van der Waals surface area contributed by atoms with E-state index in [0.717, 1.165) is 39.2 Å². The Labute approximate surface area is 240 Å². The number of anilines is 1. The van der Waals surface area contributed by atoms with Crippen molar-refractivity contribution < 1.29 is 17.7 Å². The molecule has 1 amide bonds. The van der Waals surface area contributed by atoms with Crippen LogP contribution in [0.2, 0.25) is 0 Å². The Balaban J connectivity index is 1.12. The lowest BCUT2D eigenvalue weighted by atomic mass is 10.1. The number of likely N-dealkylation sites (tertiary alicyclic amines) is 1. The highest BCUT2D eigenvalue weighted by Gasteiger charge is 2.34. The highest BCUT2D eigenvalue weighted by molar-refractivity contribution is 9.10. The molecule has 1 saturated heterocycles. The van der Waals surface area contributed by atoms with Gasteiger partial charge in [-0.3, -0.25) is 9.52 Å². The van der Waals surface area contributed by atoms with Gasteiger partial charge in [-0.15, -0.1) is 0 Å². The van der Waals surface area contributed by atoms with Crippen LogP contribution in [-0.4, -0.2) is 35.9 Å². The van der Waals surface area contributed by atoms with Crippen LogP contribution in [0.4, 0.5) is 5.69 Å². The quantitative estimate of drug-likeness (QED) is 0.228. The van der Waals surface area contributed by atoms with E-state index >= 15 is 0 Å². The van der Waals surface area contributed by atoms with Crippen LogP contribution in [-0.2, 0) is 21.2 Å². The van der Waals surface area contributed by atoms with Gasteiger partial charge in [0.15, 0.2) is 0 Å². The fourth-order valence-corrected chi connectivity index (χ4v) is 6.45. The summed E-state index contributed by atoms with van der Waals surface area (Å²) in [7, 11) is -3.76. The molecule has 1 aliphatic rings. The van der Waals surface area contributed by atoms with Crippen molar-refractivity contribution in [1.29, 1.82) is 0 Å². The molecule has 6 rings (SSSR count). The Morgan fingerprint density at radius 3 is 2.58 bits per heavy atom.